The first-order chi connectivity index (χ1) is 6.38. The second kappa shape index (κ2) is 4.92. The third kappa shape index (κ3) is 2.59. The van der Waals surface area contributed by atoms with Gasteiger partial charge in [0.2, 0.25) is 0 Å². The molecule has 0 saturated carbocycles. The summed E-state index contributed by atoms with van der Waals surface area (Å²) in [6.07, 6.45) is 2.95. The number of anilines is 1. The van der Waals surface area contributed by atoms with Crippen LogP contribution >= 0.6 is 0 Å². The number of amides is 1. The molecule has 0 spiro atoms. The molecule has 0 heterocycles. The van der Waals surface area contributed by atoms with E-state index in [1.165, 1.54) is 11.1 Å². The summed E-state index contributed by atoms with van der Waals surface area (Å²) in [6, 6.07) is 9.03. The quantitative estimate of drug-likeness (QED) is 0.323. The molecule has 1 aromatic carbocycles. The fraction of sp³-hybridized carbons (Fsp3) is 0.111. The summed E-state index contributed by atoms with van der Waals surface area (Å²) in [7, 11) is 0. The van der Waals surface area contributed by atoms with Crippen molar-refractivity contribution in [3.05, 3.63) is 30.3 Å². The van der Waals surface area contributed by atoms with Crippen molar-refractivity contribution in [3.8, 4) is 0 Å². The maximum absolute atomic E-state index is 10.5. The van der Waals surface area contributed by atoms with Gasteiger partial charge in [0, 0.05) is 5.69 Å². The maximum Gasteiger partial charge on any atom is 0.317 e. The molecule has 1 amide bonds. The number of carbonyl (C=O) groups excluding carboxylic acids is 1. The minimum Gasteiger partial charge on any atom is -0.411 e. The van der Waals surface area contributed by atoms with Gasteiger partial charge in [0.25, 0.3) is 0 Å². The summed E-state index contributed by atoms with van der Waals surface area (Å²) < 4.78 is 0. The smallest absolute Gasteiger partial charge is 0.317 e. The van der Waals surface area contributed by atoms with Crippen LogP contribution in [0.15, 0.2) is 35.5 Å². The van der Waals surface area contributed by atoms with E-state index >= 15 is 0 Å². The molecule has 0 aliphatic heterocycles. The van der Waals surface area contributed by atoms with Gasteiger partial charge in [-0.2, -0.15) is 0 Å². The zero-order valence-electron chi connectivity index (χ0n) is 6.92. The molecule has 67 valence electrons. The van der Waals surface area contributed by atoms with Crippen LogP contribution in [-0.4, -0.2) is 24.4 Å². The van der Waals surface area contributed by atoms with Crippen LogP contribution < -0.4 is 4.90 Å². The first-order valence-corrected chi connectivity index (χ1v) is 3.74. The predicted molar refractivity (Wildman–Crippen MR) is 49.8 cm³/mol. The summed E-state index contributed by atoms with van der Waals surface area (Å²) in [4.78, 5) is 11.8. The molecule has 1 radical (unpaired) electrons. The van der Waals surface area contributed by atoms with E-state index in [-0.39, 0.29) is 6.54 Å². The van der Waals surface area contributed by atoms with Gasteiger partial charge in [0.1, 0.15) is 0 Å². The van der Waals surface area contributed by atoms with Gasteiger partial charge in [-0.15, -0.1) is 5.16 Å². The van der Waals surface area contributed by atoms with Gasteiger partial charge in [-0.25, -0.2) is 0 Å². The van der Waals surface area contributed by atoms with Crippen molar-refractivity contribution >= 4 is 18.3 Å². The highest BCUT2D eigenvalue weighted by atomic mass is 16.4. The first kappa shape index (κ1) is 9.25. The van der Waals surface area contributed by atoms with Gasteiger partial charge in [-0.05, 0) is 12.1 Å². The standard InChI is InChI=1S/C9H9N2O2/c12-8-11(7-6-10-13)9-4-2-1-3-5-9/h1-6,13H,7H2. The number of hydrogen-bond acceptors (Lipinski definition) is 3. The van der Waals surface area contributed by atoms with Crippen LogP contribution in [0.25, 0.3) is 0 Å². The molecule has 0 unspecified atom stereocenters. The number of nitrogens with zero attached hydrogens (tertiary/aromatic N) is 2. The molecule has 0 saturated heterocycles. The fourth-order valence-corrected chi connectivity index (χ4v) is 0.921. The Morgan fingerprint density at radius 1 is 1.46 bits per heavy atom. The highest BCUT2D eigenvalue weighted by Crippen LogP contribution is 2.09. The van der Waals surface area contributed by atoms with Crippen molar-refractivity contribution in [2.24, 2.45) is 5.16 Å². The molecule has 1 N–H and O–H groups in total. The molecule has 13 heavy (non-hydrogen) atoms. The van der Waals surface area contributed by atoms with Crippen LogP contribution in [0.4, 0.5) is 5.69 Å². The number of para-hydroxylation sites is 1. The average molecular weight is 177 g/mol. The lowest BCUT2D eigenvalue weighted by molar-refractivity contribution is 0.321. The second-order valence-electron chi connectivity index (χ2n) is 2.34. The van der Waals surface area contributed by atoms with Crippen LogP contribution in [0.5, 0.6) is 0 Å². The van der Waals surface area contributed by atoms with Gasteiger partial charge < -0.3 is 5.21 Å². The van der Waals surface area contributed by atoms with Crippen molar-refractivity contribution < 1.29 is 10.0 Å². The largest absolute Gasteiger partial charge is 0.411 e. The Kier molecular flexibility index (Phi) is 3.50. The highest BCUT2D eigenvalue weighted by molar-refractivity contribution is 5.81. The van der Waals surface area contributed by atoms with Crippen LogP contribution in [0, 0.1) is 0 Å². The van der Waals surface area contributed by atoms with Gasteiger partial charge in [-0.3, -0.25) is 9.69 Å². The molecule has 4 heteroatoms. The van der Waals surface area contributed by atoms with Gasteiger partial charge >= 0.3 is 6.41 Å². The van der Waals surface area contributed by atoms with E-state index in [0.717, 1.165) is 5.69 Å². The molecule has 0 aromatic heterocycles. The topological polar surface area (TPSA) is 52.9 Å². The SMILES string of the molecule is O=[C]N(CC=NO)c1ccccc1. The molecule has 0 aliphatic carbocycles. The van der Waals surface area contributed by atoms with E-state index in [1.54, 1.807) is 18.5 Å². The van der Waals surface area contributed by atoms with Gasteiger partial charge in [0.05, 0.1) is 12.8 Å². The van der Waals surface area contributed by atoms with Crippen LogP contribution in [-0.2, 0) is 4.79 Å². The van der Waals surface area contributed by atoms with Crippen molar-refractivity contribution in [1.82, 2.24) is 0 Å². The third-order valence-electron chi connectivity index (χ3n) is 1.52. The van der Waals surface area contributed by atoms with Crippen molar-refractivity contribution in [3.63, 3.8) is 0 Å². The zero-order valence-corrected chi connectivity index (χ0v) is 6.92. The monoisotopic (exact) mass is 177 g/mol. The Balaban J connectivity index is 2.72. The van der Waals surface area contributed by atoms with E-state index in [1.807, 2.05) is 18.2 Å². The second-order valence-corrected chi connectivity index (χ2v) is 2.34. The summed E-state index contributed by atoms with van der Waals surface area (Å²) in [5, 5.41) is 11.0. The first-order valence-electron chi connectivity index (χ1n) is 3.74. The summed E-state index contributed by atoms with van der Waals surface area (Å²) in [5.74, 6) is 0. The molecular formula is C9H9N2O2. The van der Waals surface area contributed by atoms with Gasteiger partial charge in [-0.1, -0.05) is 18.2 Å². The van der Waals surface area contributed by atoms with Crippen LogP contribution in [0.2, 0.25) is 0 Å². The Morgan fingerprint density at radius 2 is 2.15 bits per heavy atom. The molecule has 0 aliphatic rings. The molecule has 0 atom stereocenters. The fourth-order valence-electron chi connectivity index (χ4n) is 0.921. The van der Waals surface area contributed by atoms with E-state index in [9.17, 15) is 4.79 Å². The highest BCUT2D eigenvalue weighted by Gasteiger charge is 2.02. The minimum absolute atomic E-state index is 0.212. The van der Waals surface area contributed by atoms with Crippen molar-refractivity contribution in [2.45, 2.75) is 0 Å². The molecule has 0 bridgehead atoms. The van der Waals surface area contributed by atoms with Crippen molar-refractivity contribution in [1.29, 1.82) is 0 Å². The Bertz CT molecular complexity index is 285. The van der Waals surface area contributed by atoms with E-state index < -0.39 is 0 Å². The predicted octanol–water partition coefficient (Wildman–Crippen LogP) is 1.02. The van der Waals surface area contributed by atoms with E-state index in [2.05, 4.69) is 5.16 Å². The molecule has 1 aromatic rings. The Hall–Kier alpha value is -1.84. The molecule has 1 rings (SSSR count). The zero-order chi connectivity index (χ0) is 9.52. The number of oxime groups is 1. The number of benzene rings is 1. The summed E-state index contributed by atoms with van der Waals surface area (Å²) in [5.41, 5.74) is 0.720. The van der Waals surface area contributed by atoms with Crippen LogP contribution in [0.1, 0.15) is 0 Å². The Morgan fingerprint density at radius 3 is 2.69 bits per heavy atom. The maximum atomic E-state index is 10.5. The summed E-state index contributed by atoms with van der Waals surface area (Å²) in [6.45, 7) is 0.212. The third-order valence-corrected chi connectivity index (χ3v) is 1.52. The Labute approximate surface area is 76.1 Å². The number of rotatable bonds is 4. The van der Waals surface area contributed by atoms with Gasteiger partial charge in [0.15, 0.2) is 0 Å². The van der Waals surface area contributed by atoms with Crippen LogP contribution in [0.3, 0.4) is 0 Å². The molecular weight excluding hydrogens is 168 g/mol. The van der Waals surface area contributed by atoms with Crippen molar-refractivity contribution in [2.75, 3.05) is 11.4 Å². The lowest BCUT2D eigenvalue weighted by Crippen LogP contribution is -2.22. The van der Waals surface area contributed by atoms with E-state index in [4.69, 9.17) is 5.21 Å². The number of hydrogen-bond donors (Lipinski definition) is 1. The lowest BCUT2D eigenvalue weighted by atomic mass is 10.3. The molecule has 0 fully saturated rings. The molecule has 4 nitrogen and oxygen atoms in total. The minimum atomic E-state index is 0.212. The van der Waals surface area contributed by atoms with E-state index in [0.29, 0.717) is 0 Å². The average Bonchev–Trinajstić information content (AvgIpc) is 2.21. The summed E-state index contributed by atoms with van der Waals surface area (Å²) >= 11 is 0. The lowest BCUT2D eigenvalue weighted by Gasteiger charge is -2.12. The normalized spacial score (nSPS) is 10.2.